The highest BCUT2D eigenvalue weighted by atomic mass is 16.3. The predicted octanol–water partition coefficient (Wildman–Crippen LogP) is 11.2. The molecule has 0 saturated carbocycles. The van der Waals surface area contributed by atoms with Gasteiger partial charge in [0.2, 0.25) is 0 Å². The Kier molecular flexibility index (Phi) is 5.17. The number of rotatable bonds is 3. The minimum Gasteiger partial charge on any atom is -0.454 e. The van der Waals surface area contributed by atoms with Gasteiger partial charge >= 0.3 is 0 Å². The van der Waals surface area contributed by atoms with E-state index >= 15 is 0 Å². The molecule has 4 heterocycles. The molecule has 0 bridgehead atoms. The van der Waals surface area contributed by atoms with Gasteiger partial charge in [0, 0.05) is 44.5 Å². The smallest absolute Gasteiger partial charge is 0.153 e. The third-order valence-corrected chi connectivity index (χ3v) is 9.50. The van der Waals surface area contributed by atoms with Crippen molar-refractivity contribution in [2.45, 2.75) is 6.92 Å². The lowest BCUT2D eigenvalue weighted by Gasteiger charge is -2.11. The van der Waals surface area contributed by atoms with E-state index in [0.29, 0.717) is 0 Å². The monoisotopic (exact) mass is 589 g/mol. The molecule has 0 unspecified atom stereocenters. The van der Waals surface area contributed by atoms with Crippen LogP contribution in [0.15, 0.2) is 150 Å². The second-order valence-corrected chi connectivity index (χ2v) is 12.1. The molecule has 4 heteroatoms. The Bertz CT molecular complexity index is 2830. The quantitative estimate of drug-likeness (QED) is 0.205. The third kappa shape index (κ3) is 3.52. The zero-order chi connectivity index (χ0) is 30.4. The van der Waals surface area contributed by atoms with Gasteiger partial charge in [-0.1, -0.05) is 66.7 Å². The second-order valence-electron chi connectivity index (χ2n) is 12.1. The Labute approximate surface area is 264 Å². The fourth-order valence-corrected chi connectivity index (χ4v) is 7.38. The molecule has 10 aromatic rings. The Balaban J connectivity index is 1.18. The fourth-order valence-electron chi connectivity index (χ4n) is 7.38. The molecule has 0 saturated heterocycles. The molecule has 0 radical (unpaired) electrons. The minimum atomic E-state index is 0.806. The molecule has 0 atom stereocenters. The second kappa shape index (κ2) is 9.43. The highest BCUT2D eigenvalue weighted by Gasteiger charge is 2.17. The van der Waals surface area contributed by atoms with Crippen molar-refractivity contribution in [3.05, 3.63) is 151 Å². The van der Waals surface area contributed by atoms with Gasteiger partial charge in [0.1, 0.15) is 11.1 Å². The topological polar surface area (TPSA) is 35.9 Å². The van der Waals surface area contributed by atoms with Crippen molar-refractivity contribution in [2.75, 3.05) is 0 Å². The van der Waals surface area contributed by atoms with Crippen LogP contribution in [0.2, 0.25) is 0 Å². The molecule has 4 nitrogen and oxygen atoms in total. The molecular weight excluding hydrogens is 562 g/mol. The number of hydrogen-bond acceptors (Lipinski definition) is 2. The molecule has 4 aromatic heterocycles. The predicted molar refractivity (Wildman–Crippen MR) is 190 cm³/mol. The highest BCUT2D eigenvalue weighted by molar-refractivity contribution is 6.13. The van der Waals surface area contributed by atoms with Crippen LogP contribution in [0, 0.1) is 6.92 Å². The summed E-state index contributed by atoms with van der Waals surface area (Å²) in [6.07, 6.45) is 1.82. The van der Waals surface area contributed by atoms with Gasteiger partial charge in [-0.05, 0) is 96.4 Å². The first-order valence-corrected chi connectivity index (χ1v) is 15.6. The number of furan rings is 1. The average molecular weight is 590 g/mol. The van der Waals surface area contributed by atoms with E-state index in [-0.39, 0.29) is 0 Å². The van der Waals surface area contributed by atoms with Crippen LogP contribution in [0.5, 0.6) is 0 Å². The van der Waals surface area contributed by atoms with E-state index < -0.39 is 0 Å². The number of benzene rings is 6. The lowest BCUT2D eigenvalue weighted by Crippen LogP contribution is -1.96. The molecule has 216 valence electrons. The van der Waals surface area contributed by atoms with Crippen molar-refractivity contribution in [3.63, 3.8) is 0 Å². The standard InChI is InChI=1S/C42H27N3O/c1-26-9-2-5-12-35(26)45-37-14-7-4-11-31(37)33-24-28(17-20-39(33)45)27-16-19-38-32(23-27)30-10-3-6-13-36(30)44(38)29-18-21-40-34(25-29)42-41(46-40)15-8-22-43-42/h2-25H,1H3. The summed E-state index contributed by atoms with van der Waals surface area (Å²) in [7, 11) is 0. The molecule has 0 amide bonds. The SMILES string of the molecule is Cc1ccccc1-n1c2ccccc2c2cc(-c3ccc4c(c3)c3ccccc3n4-c3ccc4oc5cccnc5c4c3)ccc21. The van der Waals surface area contributed by atoms with Crippen LogP contribution in [0.25, 0.3) is 88.2 Å². The van der Waals surface area contributed by atoms with Crippen LogP contribution in [0.4, 0.5) is 0 Å². The maximum atomic E-state index is 6.08. The Morgan fingerprint density at radius 2 is 1.11 bits per heavy atom. The summed E-state index contributed by atoms with van der Waals surface area (Å²) < 4.78 is 10.8. The van der Waals surface area contributed by atoms with Gasteiger partial charge in [-0.25, -0.2) is 0 Å². The molecule has 0 aliphatic rings. The van der Waals surface area contributed by atoms with Crippen LogP contribution in [0.3, 0.4) is 0 Å². The molecule has 46 heavy (non-hydrogen) atoms. The van der Waals surface area contributed by atoms with Crippen molar-refractivity contribution in [2.24, 2.45) is 0 Å². The first-order chi connectivity index (χ1) is 22.7. The van der Waals surface area contributed by atoms with Crippen molar-refractivity contribution in [1.29, 1.82) is 0 Å². The number of nitrogens with zero attached hydrogens (tertiary/aromatic N) is 3. The van der Waals surface area contributed by atoms with E-state index in [2.05, 4.69) is 148 Å². The molecule has 0 aliphatic heterocycles. The van der Waals surface area contributed by atoms with Crippen molar-refractivity contribution in [3.8, 4) is 22.5 Å². The number of fused-ring (bicyclic) bond motifs is 9. The lowest BCUT2D eigenvalue weighted by atomic mass is 10.0. The summed E-state index contributed by atoms with van der Waals surface area (Å²) in [5.41, 5.74) is 13.3. The van der Waals surface area contributed by atoms with E-state index in [1.807, 2.05) is 18.3 Å². The largest absolute Gasteiger partial charge is 0.454 e. The van der Waals surface area contributed by atoms with Crippen LogP contribution >= 0.6 is 0 Å². The van der Waals surface area contributed by atoms with E-state index in [9.17, 15) is 0 Å². The van der Waals surface area contributed by atoms with E-state index in [1.54, 1.807) is 0 Å². The Hall–Kier alpha value is -6.13. The minimum absolute atomic E-state index is 0.806. The summed E-state index contributed by atoms with van der Waals surface area (Å²) in [5.74, 6) is 0. The first-order valence-electron chi connectivity index (χ1n) is 15.6. The van der Waals surface area contributed by atoms with Crippen molar-refractivity contribution >= 4 is 65.7 Å². The molecular formula is C42H27N3O. The van der Waals surface area contributed by atoms with Crippen LogP contribution in [-0.2, 0) is 0 Å². The normalized spacial score (nSPS) is 12.0. The van der Waals surface area contributed by atoms with E-state index in [4.69, 9.17) is 4.42 Å². The summed E-state index contributed by atoms with van der Waals surface area (Å²) >= 11 is 0. The molecule has 6 aromatic carbocycles. The van der Waals surface area contributed by atoms with Crippen LogP contribution in [-0.4, -0.2) is 14.1 Å². The average Bonchev–Trinajstić information content (AvgIpc) is 3.75. The van der Waals surface area contributed by atoms with E-state index in [1.165, 1.54) is 66.0 Å². The molecule has 10 rings (SSSR count). The first kappa shape index (κ1) is 25.2. The summed E-state index contributed by atoms with van der Waals surface area (Å²) in [5, 5.41) is 6.00. The maximum absolute atomic E-state index is 6.08. The van der Waals surface area contributed by atoms with Gasteiger partial charge in [0.25, 0.3) is 0 Å². The van der Waals surface area contributed by atoms with E-state index in [0.717, 1.165) is 27.8 Å². The molecule has 0 N–H and O–H groups in total. The van der Waals surface area contributed by atoms with Gasteiger partial charge in [0.05, 0.1) is 22.1 Å². The molecule has 0 fully saturated rings. The van der Waals surface area contributed by atoms with Crippen molar-refractivity contribution in [1.82, 2.24) is 14.1 Å². The highest BCUT2D eigenvalue weighted by Crippen LogP contribution is 2.39. The van der Waals surface area contributed by atoms with Gasteiger partial charge in [-0.2, -0.15) is 0 Å². The maximum Gasteiger partial charge on any atom is 0.153 e. The number of hydrogen-bond donors (Lipinski definition) is 0. The lowest BCUT2D eigenvalue weighted by molar-refractivity contribution is 0.668. The van der Waals surface area contributed by atoms with Gasteiger partial charge in [0.15, 0.2) is 5.58 Å². The number of para-hydroxylation sites is 3. The number of aromatic nitrogens is 3. The zero-order valence-electron chi connectivity index (χ0n) is 25.1. The summed E-state index contributed by atoms with van der Waals surface area (Å²) in [6, 6.07) is 50.1. The number of aryl methyl sites for hydroxylation is 1. The Morgan fingerprint density at radius 3 is 1.85 bits per heavy atom. The molecule has 0 aliphatic carbocycles. The van der Waals surface area contributed by atoms with Gasteiger partial charge < -0.3 is 13.6 Å². The van der Waals surface area contributed by atoms with Crippen LogP contribution < -0.4 is 0 Å². The molecule has 0 spiro atoms. The fraction of sp³-hybridized carbons (Fsp3) is 0.0238. The Morgan fingerprint density at radius 1 is 0.478 bits per heavy atom. The van der Waals surface area contributed by atoms with Crippen molar-refractivity contribution < 1.29 is 4.42 Å². The van der Waals surface area contributed by atoms with Gasteiger partial charge in [-0.15, -0.1) is 0 Å². The third-order valence-electron chi connectivity index (χ3n) is 9.50. The number of pyridine rings is 1. The summed E-state index contributed by atoms with van der Waals surface area (Å²) in [6.45, 7) is 2.18. The van der Waals surface area contributed by atoms with Crippen LogP contribution in [0.1, 0.15) is 5.56 Å². The van der Waals surface area contributed by atoms with Gasteiger partial charge in [-0.3, -0.25) is 4.98 Å². The zero-order valence-corrected chi connectivity index (χ0v) is 25.1. The summed E-state index contributed by atoms with van der Waals surface area (Å²) in [4.78, 5) is 4.62.